The monoisotopic (exact) mass is 279 g/mol. The quantitative estimate of drug-likeness (QED) is 0.840. The van der Waals surface area contributed by atoms with Gasteiger partial charge in [-0.25, -0.2) is 0 Å². The maximum Gasteiger partial charge on any atom is 0.0486 e. The second-order valence-electron chi connectivity index (χ2n) is 4.07. The Labute approximate surface area is 103 Å². The molecule has 0 atom stereocenters. The van der Waals surface area contributed by atoms with Gasteiger partial charge in [0.25, 0.3) is 0 Å². The number of piperazine rings is 1. The van der Waals surface area contributed by atoms with Gasteiger partial charge in [0.15, 0.2) is 0 Å². The number of aromatic amines is 1. The molecule has 1 aromatic carbocycles. The van der Waals surface area contributed by atoms with Gasteiger partial charge < -0.3 is 15.2 Å². The lowest BCUT2D eigenvalue weighted by Gasteiger charge is -2.30. The number of benzene rings is 1. The molecular formula is C12H14BrN3. The van der Waals surface area contributed by atoms with Gasteiger partial charge >= 0.3 is 0 Å². The predicted octanol–water partition coefficient (Wildman–Crippen LogP) is 2.34. The third kappa shape index (κ3) is 1.62. The third-order valence-electron chi connectivity index (χ3n) is 3.09. The highest BCUT2D eigenvalue weighted by Crippen LogP contribution is 2.32. The predicted molar refractivity (Wildman–Crippen MR) is 71.1 cm³/mol. The Morgan fingerprint density at radius 3 is 2.81 bits per heavy atom. The first-order chi connectivity index (χ1) is 7.86. The number of anilines is 1. The summed E-state index contributed by atoms with van der Waals surface area (Å²) in [5.74, 6) is 0. The Kier molecular flexibility index (Phi) is 2.61. The van der Waals surface area contributed by atoms with Crippen LogP contribution in [-0.4, -0.2) is 31.2 Å². The molecule has 0 amide bonds. The lowest BCUT2D eigenvalue weighted by Crippen LogP contribution is -2.43. The second kappa shape index (κ2) is 4.11. The van der Waals surface area contributed by atoms with Crippen molar-refractivity contribution in [3.63, 3.8) is 0 Å². The summed E-state index contributed by atoms with van der Waals surface area (Å²) in [5.41, 5.74) is 2.52. The van der Waals surface area contributed by atoms with E-state index >= 15 is 0 Å². The lowest BCUT2D eigenvalue weighted by atomic mass is 10.2. The average Bonchev–Trinajstić information content (AvgIpc) is 2.73. The molecule has 1 aliphatic rings. The maximum atomic E-state index is 3.61. The average molecular weight is 280 g/mol. The van der Waals surface area contributed by atoms with Gasteiger partial charge in [-0.1, -0.05) is 6.07 Å². The largest absolute Gasteiger partial charge is 0.368 e. The minimum Gasteiger partial charge on any atom is -0.368 e. The molecular weight excluding hydrogens is 266 g/mol. The normalized spacial score (nSPS) is 16.9. The van der Waals surface area contributed by atoms with Gasteiger partial charge in [-0.15, -0.1) is 0 Å². The first kappa shape index (κ1) is 10.2. The van der Waals surface area contributed by atoms with Crippen molar-refractivity contribution >= 4 is 32.5 Å². The van der Waals surface area contributed by atoms with Gasteiger partial charge in [0.1, 0.15) is 0 Å². The van der Waals surface area contributed by atoms with E-state index in [4.69, 9.17) is 0 Å². The Bertz CT molecular complexity index is 500. The highest BCUT2D eigenvalue weighted by atomic mass is 79.9. The maximum absolute atomic E-state index is 3.61. The van der Waals surface area contributed by atoms with Crippen LogP contribution >= 0.6 is 15.9 Å². The van der Waals surface area contributed by atoms with Crippen molar-refractivity contribution in [2.24, 2.45) is 0 Å². The topological polar surface area (TPSA) is 31.1 Å². The highest BCUT2D eigenvalue weighted by Gasteiger charge is 2.14. The summed E-state index contributed by atoms with van der Waals surface area (Å²) in [5, 5.41) is 4.68. The van der Waals surface area contributed by atoms with E-state index in [1.54, 1.807) is 0 Å². The molecule has 1 aromatic heterocycles. The van der Waals surface area contributed by atoms with E-state index < -0.39 is 0 Å². The molecule has 2 aromatic rings. The van der Waals surface area contributed by atoms with Gasteiger partial charge in [-0.3, -0.25) is 0 Å². The van der Waals surface area contributed by atoms with E-state index in [2.05, 4.69) is 49.3 Å². The molecule has 2 heterocycles. The van der Waals surface area contributed by atoms with Crippen molar-refractivity contribution < 1.29 is 0 Å². The number of H-pyrrole nitrogens is 1. The van der Waals surface area contributed by atoms with E-state index in [1.165, 1.54) is 16.6 Å². The van der Waals surface area contributed by atoms with E-state index in [0.717, 1.165) is 30.7 Å². The van der Waals surface area contributed by atoms with Crippen molar-refractivity contribution in [3.05, 3.63) is 28.9 Å². The molecule has 84 valence electrons. The number of hydrogen-bond donors (Lipinski definition) is 2. The molecule has 3 nitrogen and oxygen atoms in total. The van der Waals surface area contributed by atoms with E-state index in [-0.39, 0.29) is 0 Å². The molecule has 0 radical (unpaired) electrons. The van der Waals surface area contributed by atoms with E-state index in [0.29, 0.717) is 0 Å². The zero-order chi connectivity index (χ0) is 11.0. The molecule has 0 bridgehead atoms. The van der Waals surface area contributed by atoms with Gasteiger partial charge in [-0.2, -0.15) is 0 Å². The van der Waals surface area contributed by atoms with Crippen LogP contribution in [-0.2, 0) is 0 Å². The van der Waals surface area contributed by atoms with Crippen LogP contribution in [0.2, 0.25) is 0 Å². The first-order valence-electron chi connectivity index (χ1n) is 5.57. The summed E-state index contributed by atoms with van der Waals surface area (Å²) >= 11 is 3.61. The van der Waals surface area contributed by atoms with Crippen LogP contribution in [0.4, 0.5) is 5.69 Å². The highest BCUT2D eigenvalue weighted by molar-refractivity contribution is 9.10. The number of fused-ring (bicyclic) bond motifs is 1. The Morgan fingerprint density at radius 2 is 2.00 bits per heavy atom. The Morgan fingerprint density at radius 1 is 1.19 bits per heavy atom. The fraction of sp³-hybridized carbons (Fsp3) is 0.333. The van der Waals surface area contributed by atoms with Crippen molar-refractivity contribution in [1.82, 2.24) is 10.3 Å². The molecule has 0 unspecified atom stereocenters. The number of hydrogen-bond acceptors (Lipinski definition) is 2. The lowest BCUT2D eigenvalue weighted by molar-refractivity contribution is 0.590. The van der Waals surface area contributed by atoms with Crippen LogP contribution in [0.3, 0.4) is 0 Å². The Hall–Kier alpha value is -1.00. The minimum atomic E-state index is 1.07. The van der Waals surface area contributed by atoms with Crippen LogP contribution in [0.5, 0.6) is 0 Å². The molecule has 0 spiro atoms. The molecule has 2 N–H and O–H groups in total. The summed E-state index contributed by atoms with van der Waals surface area (Å²) in [6, 6.07) is 6.43. The van der Waals surface area contributed by atoms with Crippen LogP contribution in [0, 0.1) is 0 Å². The van der Waals surface area contributed by atoms with E-state index in [9.17, 15) is 0 Å². The zero-order valence-corrected chi connectivity index (χ0v) is 10.5. The van der Waals surface area contributed by atoms with Crippen molar-refractivity contribution in [3.8, 4) is 0 Å². The third-order valence-corrected chi connectivity index (χ3v) is 3.72. The van der Waals surface area contributed by atoms with Crippen LogP contribution in [0.15, 0.2) is 28.9 Å². The number of nitrogens with zero attached hydrogens (tertiary/aromatic N) is 1. The molecule has 0 aliphatic carbocycles. The van der Waals surface area contributed by atoms with E-state index in [1.807, 2.05) is 6.20 Å². The number of aromatic nitrogens is 1. The summed E-state index contributed by atoms with van der Waals surface area (Å²) in [6.07, 6.45) is 2.01. The van der Waals surface area contributed by atoms with Gasteiger partial charge in [0, 0.05) is 53.4 Å². The zero-order valence-electron chi connectivity index (χ0n) is 8.96. The van der Waals surface area contributed by atoms with Crippen LogP contribution < -0.4 is 10.2 Å². The van der Waals surface area contributed by atoms with Gasteiger partial charge in [0.2, 0.25) is 0 Å². The van der Waals surface area contributed by atoms with Crippen LogP contribution in [0.1, 0.15) is 0 Å². The number of halogens is 1. The molecule has 16 heavy (non-hydrogen) atoms. The molecule has 4 heteroatoms. The summed E-state index contributed by atoms with van der Waals surface area (Å²) in [7, 11) is 0. The SMILES string of the molecule is Brc1c[nH]c2cccc(N3CCNCC3)c12. The number of nitrogens with one attached hydrogen (secondary N) is 2. The summed E-state index contributed by atoms with van der Waals surface area (Å²) in [4.78, 5) is 5.72. The molecule has 0 saturated carbocycles. The smallest absolute Gasteiger partial charge is 0.0486 e. The van der Waals surface area contributed by atoms with Crippen molar-refractivity contribution in [2.45, 2.75) is 0 Å². The fourth-order valence-corrected chi connectivity index (χ4v) is 2.83. The van der Waals surface area contributed by atoms with Crippen LogP contribution in [0.25, 0.3) is 10.9 Å². The fourth-order valence-electron chi connectivity index (χ4n) is 2.29. The molecule has 3 rings (SSSR count). The van der Waals surface area contributed by atoms with Crippen molar-refractivity contribution in [2.75, 3.05) is 31.1 Å². The van der Waals surface area contributed by atoms with Gasteiger partial charge in [-0.05, 0) is 28.1 Å². The minimum absolute atomic E-state index is 1.07. The molecule has 1 aliphatic heterocycles. The second-order valence-corrected chi connectivity index (χ2v) is 4.93. The molecule has 1 saturated heterocycles. The summed E-state index contributed by atoms with van der Waals surface area (Å²) < 4.78 is 1.15. The van der Waals surface area contributed by atoms with Crippen molar-refractivity contribution in [1.29, 1.82) is 0 Å². The molecule has 1 fully saturated rings. The van der Waals surface area contributed by atoms with Gasteiger partial charge in [0.05, 0.1) is 0 Å². The summed E-state index contributed by atoms with van der Waals surface area (Å²) in [6.45, 7) is 4.30. The number of rotatable bonds is 1. The standard InChI is InChI=1S/C12H14BrN3/c13-9-8-15-10-2-1-3-11(12(9)10)16-6-4-14-5-7-16/h1-3,8,14-15H,4-7H2. The Balaban J connectivity index is 2.10. The first-order valence-corrected chi connectivity index (χ1v) is 6.37.